The van der Waals surface area contributed by atoms with E-state index < -0.39 is 16.2 Å². The molecule has 24 heavy (non-hydrogen) atoms. The molecule has 0 spiro atoms. The van der Waals surface area contributed by atoms with E-state index in [1.165, 1.54) is 0 Å². The molecule has 1 atom stereocenters. The second kappa shape index (κ2) is 6.62. The number of hydrogen-bond acceptors (Lipinski definition) is 4. The molecule has 0 saturated carbocycles. The molecule has 1 heterocycles. The summed E-state index contributed by atoms with van der Waals surface area (Å²) in [6, 6.07) is 13.6. The maximum Gasteiger partial charge on any atom is 0.251 e. The minimum absolute atomic E-state index is 0.133. The van der Waals surface area contributed by atoms with Crippen LogP contribution in [0.25, 0.3) is 0 Å². The molecule has 1 aliphatic heterocycles. The third-order valence-corrected chi connectivity index (χ3v) is 5.27. The van der Waals surface area contributed by atoms with Crippen molar-refractivity contribution in [3.05, 3.63) is 59.7 Å². The van der Waals surface area contributed by atoms with Gasteiger partial charge in [0.15, 0.2) is 0 Å². The second-order valence-electron chi connectivity index (χ2n) is 5.57. The average molecular weight is 345 g/mol. The van der Waals surface area contributed by atoms with E-state index in [0.717, 1.165) is 12.0 Å². The van der Waals surface area contributed by atoms with Gasteiger partial charge in [0.1, 0.15) is 11.1 Å². The van der Waals surface area contributed by atoms with Gasteiger partial charge in [0.2, 0.25) is 10.0 Å². The Morgan fingerprint density at radius 2 is 1.83 bits per heavy atom. The highest BCUT2D eigenvalue weighted by molar-refractivity contribution is 7.89. The molecule has 2 aromatic rings. The molecule has 0 radical (unpaired) electrons. The summed E-state index contributed by atoms with van der Waals surface area (Å²) in [6.07, 6.45) is 0.300. The van der Waals surface area contributed by atoms with Crippen LogP contribution in [0.4, 0.5) is 5.69 Å². The quantitative estimate of drug-likeness (QED) is 0.793. The Morgan fingerprint density at radius 1 is 1.12 bits per heavy atom. The maximum absolute atomic E-state index is 12.3. The lowest BCUT2D eigenvalue weighted by atomic mass is 10.1. The highest BCUT2D eigenvalue weighted by atomic mass is 32.2. The Kier molecular flexibility index (Phi) is 4.55. The molecule has 1 amide bonds. The molecular formula is C17H19N3O3S. The van der Waals surface area contributed by atoms with E-state index in [4.69, 9.17) is 0 Å². The lowest BCUT2D eigenvalue weighted by Crippen LogP contribution is -2.38. The summed E-state index contributed by atoms with van der Waals surface area (Å²) in [5, 5.41) is 5.97. The molecule has 3 rings (SSSR count). The van der Waals surface area contributed by atoms with Gasteiger partial charge in [0.25, 0.3) is 5.91 Å². The minimum Gasteiger partial charge on any atom is -0.364 e. The van der Waals surface area contributed by atoms with Gasteiger partial charge in [-0.05, 0) is 36.2 Å². The number of carbonyl (C=O) groups is 1. The Balaban J connectivity index is 1.82. The fourth-order valence-corrected chi connectivity index (χ4v) is 3.85. The van der Waals surface area contributed by atoms with E-state index in [9.17, 15) is 13.2 Å². The molecule has 0 fully saturated rings. The van der Waals surface area contributed by atoms with Gasteiger partial charge in [-0.2, -0.15) is 4.72 Å². The number of para-hydroxylation sites is 1. The van der Waals surface area contributed by atoms with Crippen molar-refractivity contribution in [1.82, 2.24) is 10.0 Å². The molecule has 0 bridgehead atoms. The van der Waals surface area contributed by atoms with Crippen LogP contribution in [0.5, 0.6) is 0 Å². The van der Waals surface area contributed by atoms with Crippen molar-refractivity contribution in [2.24, 2.45) is 0 Å². The summed E-state index contributed by atoms with van der Waals surface area (Å²) in [4.78, 5) is 12.2. The van der Waals surface area contributed by atoms with Crippen LogP contribution < -0.4 is 15.4 Å². The summed E-state index contributed by atoms with van der Waals surface area (Å²) >= 11 is 0. The summed E-state index contributed by atoms with van der Waals surface area (Å²) in [7, 11) is -3.57. The first-order valence-electron chi connectivity index (χ1n) is 7.77. The number of benzene rings is 2. The molecule has 1 unspecified atom stereocenters. The lowest BCUT2D eigenvalue weighted by molar-refractivity contribution is 0.0953. The third-order valence-electron chi connectivity index (χ3n) is 3.79. The van der Waals surface area contributed by atoms with Gasteiger partial charge in [-0.3, -0.25) is 4.79 Å². The SMILES string of the molecule is CCCNC(=O)c1ccc(C2Nc3ccccc3S(=O)(=O)N2)cc1. The topological polar surface area (TPSA) is 87.3 Å². The van der Waals surface area contributed by atoms with Crippen LogP contribution in [-0.2, 0) is 10.0 Å². The molecule has 3 N–H and O–H groups in total. The zero-order valence-corrected chi connectivity index (χ0v) is 14.1. The first-order chi connectivity index (χ1) is 11.5. The smallest absolute Gasteiger partial charge is 0.251 e. The summed E-state index contributed by atoms with van der Waals surface area (Å²) in [6.45, 7) is 2.61. The number of rotatable bonds is 4. The molecule has 6 nitrogen and oxygen atoms in total. The summed E-state index contributed by atoms with van der Waals surface area (Å²) < 4.78 is 27.3. The van der Waals surface area contributed by atoms with Crippen molar-refractivity contribution in [1.29, 1.82) is 0 Å². The van der Waals surface area contributed by atoms with E-state index in [-0.39, 0.29) is 10.8 Å². The fraction of sp³-hybridized carbons (Fsp3) is 0.235. The van der Waals surface area contributed by atoms with Gasteiger partial charge in [-0.1, -0.05) is 31.2 Å². The molecule has 126 valence electrons. The van der Waals surface area contributed by atoms with Crippen LogP contribution >= 0.6 is 0 Å². The first kappa shape index (κ1) is 16.5. The molecule has 2 aromatic carbocycles. The highest BCUT2D eigenvalue weighted by Gasteiger charge is 2.29. The number of fused-ring (bicyclic) bond motifs is 1. The largest absolute Gasteiger partial charge is 0.364 e. The van der Waals surface area contributed by atoms with Gasteiger partial charge >= 0.3 is 0 Å². The molecule has 0 aromatic heterocycles. The van der Waals surface area contributed by atoms with Crippen LogP contribution in [0, 0.1) is 0 Å². The lowest BCUT2D eigenvalue weighted by Gasteiger charge is -2.28. The number of carbonyl (C=O) groups excluding carboxylic acids is 1. The van der Waals surface area contributed by atoms with E-state index >= 15 is 0 Å². The van der Waals surface area contributed by atoms with Crippen LogP contribution in [0.15, 0.2) is 53.4 Å². The van der Waals surface area contributed by atoms with Gasteiger partial charge in [-0.15, -0.1) is 0 Å². The number of anilines is 1. The maximum atomic E-state index is 12.3. The van der Waals surface area contributed by atoms with Crippen LogP contribution in [0.1, 0.15) is 35.4 Å². The van der Waals surface area contributed by atoms with Gasteiger partial charge < -0.3 is 10.6 Å². The van der Waals surface area contributed by atoms with Crippen molar-refractivity contribution in [2.75, 3.05) is 11.9 Å². The van der Waals surface area contributed by atoms with Crippen molar-refractivity contribution < 1.29 is 13.2 Å². The Morgan fingerprint density at radius 3 is 2.54 bits per heavy atom. The van der Waals surface area contributed by atoms with E-state index in [1.807, 2.05) is 6.92 Å². The van der Waals surface area contributed by atoms with E-state index in [1.54, 1.807) is 48.5 Å². The Hall–Kier alpha value is -2.38. The van der Waals surface area contributed by atoms with Crippen LogP contribution in [0.2, 0.25) is 0 Å². The zero-order valence-electron chi connectivity index (χ0n) is 13.2. The molecule has 0 saturated heterocycles. The van der Waals surface area contributed by atoms with Gasteiger partial charge in [0.05, 0.1) is 5.69 Å². The molecule has 0 aliphatic carbocycles. The molecule has 1 aliphatic rings. The standard InChI is InChI=1S/C17H19N3O3S/c1-2-11-18-17(21)13-9-7-12(8-10-13)16-19-14-5-3-4-6-15(14)24(22,23)20-16/h3-10,16,19-20H,2,11H2,1H3,(H,18,21). The van der Waals surface area contributed by atoms with E-state index in [2.05, 4.69) is 15.4 Å². The number of nitrogens with one attached hydrogen (secondary N) is 3. The van der Waals surface area contributed by atoms with Crippen molar-refractivity contribution >= 4 is 21.6 Å². The monoisotopic (exact) mass is 345 g/mol. The molecule has 7 heteroatoms. The van der Waals surface area contributed by atoms with Gasteiger partial charge in [0, 0.05) is 12.1 Å². The predicted molar refractivity (Wildman–Crippen MR) is 92.2 cm³/mol. The first-order valence-corrected chi connectivity index (χ1v) is 9.25. The average Bonchev–Trinajstić information content (AvgIpc) is 2.59. The second-order valence-corrected chi connectivity index (χ2v) is 7.26. The fourth-order valence-electron chi connectivity index (χ4n) is 2.54. The van der Waals surface area contributed by atoms with Crippen LogP contribution in [-0.4, -0.2) is 20.9 Å². The number of amides is 1. The summed E-state index contributed by atoms with van der Waals surface area (Å²) in [5.41, 5.74) is 1.84. The Labute approximate surface area is 141 Å². The molecular weight excluding hydrogens is 326 g/mol. The summed E-state index contributed by atoms with van der Waals surface area (Å²) in [5.74, 6) is -0.133. The highest BCUT2D eigenvalue weighted by Crippen LogP contribution is 2.30. The number of sulfonamides is 1. The van der Waals surface area contributed by atoms with Gasteiger partial charge in [-0.25, -0.2) is 8.42 Å². The van der Waals surface area contributed by atoms with Crippen molar-refractivity contribution in [3.63, 3.8) is 0 Å². The van der Waals surface area contributed by atoms with E-state index in [0.29, 0.717) is 17.8 Å². The predicted octanol–water partition coefficient (Wildman–Crippen LogP) is 2.23. The number of hydrogen-bond donors (Lipinski definition) is 3. The van der Waals surface area contributed by atoms with Crippen molar-refractivity contribution in [2.45, 2.75) is 24.4 Å². The zero-order chi connectivity index (χ0) is 17.2. The minimum atomic E-state index is -3.57. The third kappa shape index (κ3) is 3.27. The van der Waals surface area contributed by atoms with Crippen LogP contribution in [0.3, 0.4) is 0 Å². The van der Waals surface area contributed by atoms with Crippen molar-refractivity contribution in [3.8, 4) is 0 Å². The normalized spacial score (nSPS) is 18.3. The Bertz CT molecular complexity index is 848.